The third-order valence-electron chi connectivity index (χ3n) is 4.55. The van der Waals surface area contributed by atoms with Crippen molar-refractivity contribution in [1.29, 1.82) is 0 Å². The van der Waals surface area contributed by atoms with Crippen LogP contribution in [0.3, 0.4) is 0 Å². The Morgan fingerprint density at radius 2 is 1.91 bits per heavy atom. The van der Waals surface area contributed by atoms with Crippen LogP contribution in [0, 0.1) is 0 Å². The number of nitrogens with one attached hydrogen (secondary N) is 2. The Bertz CT molecular complexity index is 1310. The molecular formula is C18H15ClF3N9O2. The lowest BCUT2D eigenvalue weighted by molar-refractivity contribution is -0.137. The average Bonchev–Trinajstić information content (AvgIpc) is 3.41. The topological polar surface area (TPSA) is 124 Å². The molecule has 0 aliphatic rings. The summed E-state index contributed by atoms with van der Waals surface area (Å²) in [5, 5.41) is 16.5. The number of carbonyl (C=O) groups is 1. The van der Waals surface area contributed by atoms with E-state index in [1.807, 2.05) is 0 Å². The van der Waals surface area contributed by atoms with E-state index in [0.717, 1.165) is 17.1 Å². The summed E-state index contributed by atoms with van der Waals surface area (Å²) in [7, 11) is 1.47. The van der Waals surface area contributed by atoms with E-state index in [1.165, 1.54) is 36.4 Å². The Hall–Kier alpha value is -3.78. The maximum absolute atomic E-state index is 13.6. The molecular weight excluding hydrogens is 467 g/mol. The Morgan fingerprint density at radius 1 is 1.18 bits per heavy atom. The van der Waals surface area contributed by atoms with Crippen molar-refractivity contribution < 1.29 is 22.7 Å². The quantitative estimate of drug-likeness (QED) is 0.445. The van der Waals surface area contributed by atoms with E-state index in [-0.39, 0.29) is 16.5 Å². The second kappa shape index (κ2) is 8.63. The lowest BCUT2D eigenvalue weighted by atomic mass is 10.1. The van der Waals surface area contributed by atoms with E-state index in [1.54, 1.807) is 6.92 Å². The Morgan fingerprint density at radius 3 is 2.58 bits per heavy atom. The van der Waals surface area contributed by atoms with Crippen molar-refractivity contribution >= 4 is 34.7 Å². The Kier molecular flexibility index (Phi) is 5.86. The number of rotatable bonds is 5. The molecule has 0 saturated carbocycles. The molecule has 4 heterocycles. The van der Waals surface area contributed by atoms with Crippen molar-refractivity contribution in [2.24, 2.45) is 0 Å². The van der Waals surface area contributed by atoms with Crippen molar-refractivity contribution in [3.8, 4) is 5.82 Å². The predicted octanol–water partition coefficient (Wildman–Crippen LogP) is 3.73. The van der Waals surface area contributed by atoms with Crippen LogP contribution in [0.4, 0.5) is 29.3 Å². The van der Waals surface area contributed by atoms with Gasteiger partial charge in [0.25, 0.3) is 0 Å². The average molecular weight is 482 g/mol. The standard InChI is InChI=1S/C18H15ClF3N9O2/c1-9(33-2)14-12(7-26-30-8-13(19)29-16(14)30)28-17(32)27-10-5-11(18(20,21)22)15(23-6-10)31-24-3-4-25-31/h3-9H,1-2H3,(H2,27,28,32). The fourth-order valence-electron chi connectivity index (χ4n) is 3.05. The van der Waals surface area contributed by atoms with Crippen LogP contribution < -0.4 is 10.6 Å². The zero-order chi connectivity index (χ0) is 23.8. The van der Waals surface area contributed by atoms with Crippen LogP contribution in [-0.2, 0) is 10.9 Å². The van der Waals surface area contributed by atoms with Crippen LogP contribution >= 0.6 is 11.6 Å². The van der Waals surface area contributed by atoms with Gasteiger partial charge in [-0.1, -0.05) is 11.6 Å². The monoisotopic (exact) mass is 481 g/mol. The first-order chi connectivity index (χ1) is 15.7. The number of methoxy groups -OCH3 is 1. The first kappa shape index (κ1) is 22.4. The molecule has 172 valence electrons. The zero-order valence-corrected chi connectivity index (χ0v) is 17.8. The van der Waals surface area contributed by atoms with Crippen molar-refractivity contribution in [3.05, 3.63) is 53.3 Å². The molecule has 1 atom stereocenters. The smallest absolute Gasteiger partial charge is 0.377 e. The van der Waals surface area contributed by atoms with Crippen molar-refractivity contribution in [2.75, 3.05) is 17.7 Å². The molecule has 2 amide bonds. The molecule has 0 bridgehead atoms. The summed E-state index contributed by atoms with van der Waals surface area (Å²) in [5.74, 6) is -0.527. The second-order valence-electron chi connectivity index (χ2n) is 6.67. The van der Waals surface area contributed by atoms with Gasteiger partial charge in [0.15, 0.2) is 11.5 Å². The molecule has 4 aromatic rings. The molecule has 4 rings (SSSR count). The number of nitrogens with zero attached hydrogens (tertiary/aromatic N) is 7. The molecule has 0 spiro atoms. The fraction of sp³-hybridized carbons (Fsp3) is 0.222. The van der Waals surface area contributed by atoms with Crippen molar-refractivity contribution in [1.82, 2.24) is 34.6 Å². The van der Waals surface area contributed by atoms with Crippen molar-refractivity contribution in [2.45, 2.75) is 19.2 Å². The van der Waals surface area contributed by atoms with E-state index in [2.05, 4.69) is 35.9 Å². The molecule has 0 fully saturated rings. The highest BCUT2D eigenvalue weighted by molar-refractivity contribution is 6.29. The maximum atomic E-state index is 13.6. The van der Waals surface area contributed by atoms with E-state index >= 15 is 0 Å². The number of anilines is 2. The summed E-state index contributed by atoms with van der Waals surface area (Å²) in [5.41, 5.74) is -0.263. The maximum Gasteiger partial charge on any atom is 0.420 e. The second-order valence-corrected chi connectivity index (χ2v) is 7.06. The van der Waals surface area contributed by atoms with Gasteiger partial charge in [-0.05, 0) is 13.0 Å². The summed E-state index contributed by atoms with van der Waals surface area (Å²) < 4.78 is 47.4. The normalized spacial score (nSPS) is 12.7. The Balaban J connectivity index is 1.63. The van der Waals surface area contributed by atoms with E-state index in [0.29, 0.717) is 11.2 Å². The number of imidazole rings is 1. The highest BCUT2D eigenvalue weighted by Crippen LogP contribution is 2.34. The van der Waals surface area contributed by atoms with Crippen LogP contribution in [0.15, 0.2) is 37.1 Å². The van der Waals surface area contributed by atoms with Crippen LogP contribution in [-0.4, -0.2) is 47.7 Å². The molecule has 0 aromatic carbocycles. The van der Waals surface area contributed by atoms with Gasteiger partial charge in [-0.2, -0.15) is 28.5 Å². The minimum atomic E-state index is -4.76. The van der Waals surface area contributed by atoms with Gasteiger partial charge < -0.3 is 15.4 Å². The minimum Gasteiger partial charge on any atom is -0.377 e. The number of hydrogen-bond donors (Lipinski definition) is 2. The molecule has 11 nitrogen and oxygen atoms in total. The highest BCUT2D eigenvalue weighted by Gasteiger charge is 2.36. The van der Waals surface area contributed by atoms with Crippen LogP contribution in [0.25, 0.3) is 11.5 Å². The summed E-state index contributed by atoms with van der Waals surface area (Å²) in [6.07, 6.45) is 1.05. The van der Waals surface area contributed by atoms with Gasteiger partial charge in [-0.25, -0.2) is 19.3 Å². The third kappa shape index (κ3) is 4.56. The van der Waals surface area contributed by atoms with Gasteiger partial charge in [0, 0.05) is 7.11 Å². The molecule has 0 aliphatic carbocycles. The first-order valence-electron chi connectivity index (χ1n) is 9.26. The summed E-state index contributed by atoms with van der Waals surface area (Å²) in [6.45, 7) is 1.72. The number of aromatic nitrogens is 7. The molecule has 4 aromatic heterocycles. The SMILES string of the molecule is COC(C)c1c(NC(=O)Nc2cnc(-n3nccn3)c(C(F)(F)F)c2)cnn2cc(Cl)nc12. The van der Waals surface area contributed by atoms with Crippen molar-refractivity contribution in [3.63, 3.8) is 0 Å². The van der Waals surface area contributed by atoms with E-state index in [9.17, 15) is 18.0 Å². The number of hydrogen-bond acceptors (Lipinski definition) is 7. The minimum absolute atomic E-state index is 0.186. The van der Waals surface area contributed by atoms with Crippen LogP contribution in [0.5, 0.6) is 0 Å². The molecule has 0 aliphatic heterocycles. The third-order valence-corrected chi connectivity index (χ3v) is 4.73. The highest BCUT2D eigenvalue weighted by atomic mass is 35.5. The number of urea groups is 1. The van der Waals surface area contributed by atoms with Gasteiger partial charge in [0.1, 0.15) is 10.7 Å². The molecule has 15 heteroatoms. The largest absolute Gasteiger partial charge is 0.420 e. The molecule has 0 saturated heterocycles. The number of pyridine rings is 1. The number of fused-ring (bicyclic) bond motifs is 1. The van der Waals surface area contributed by atoms with Crippen LogP contribution in [0.1, 0.15) is 24.2 Å². The molecule has 0 radical (unpaired) electrons. The number of halogens is 4. The van der Waals surface area contributed by atoms with Gasteiger partial charge >= 0.3 is 12.2 Å². The van der Waals surface area contributed by atoms with Gasteiger partial charge in [-0.3, -0.25) is 0 Å². The molecule has 33 heavy (non-hydrogen) atoms. The number of ether oxygens (including phenoxy) is 1. The van der Waals surface area contributed by atoms with Gasteiger partial charge in [0.2, 0.25) is 0 Å². The fourth-order valence-corrected chi connectivity index (χ4v) is 3.22. The predicted molar refractivity (Wildman–Crippen MR) is 110 cm³/mol. The van der Waals surface area contributed by atoms with E-state index < -0.39 is 29.7 Å². The van der Waals surface area contributed by atoms with Gasteiger partial charge in [0.05, 0.1) is 54.0 Å². The molecule has 2 N–H and O–H groups in total. The van der Waals surface area contributed by atoms with E-state index in [4.69, 9.17) is 16.3 Å². The lowest BCUT2D eigenvalue weighted by Crippen LogP contribution is -2.22. The molecule has 1 unspecified atom stereocenters. The zero-order valence-electron chi connectivity index (χ0n) is 17.0. The van der Waals surface area contributed by atoms with Crippen LogP contribution in [0.2, 0.25) is 5.15 Å². The lowest BCUT2D eigenvalue weighted by Gasteiger charge is -2.17. The summed E-state index contributed by atoms with van der Waals surface area (Å²) >= 11 is 5.95. The van der Waals surface area contributed by atoms with Gasteiger partial charge in [-0.15, -0.1) is 4.80 Å². The number of amides is 2. The number of alkyl halides is 3. The summed E-state index contributed by atoms with van der Waals surface area (Å²) in [4.78, 5) is 21.3. The summed E-state index contributed by atoms with van der Waals surface area (Å²) in [6, 6.07) is -0.0944. The first-order valence-corrected chi connectivity index (χ1v) is 9.63. The Labute approximate surface area is 188 Å². The number of carbonyl (C=O) groups excluding carboxylic acids is 1.